The molecule has 0 saturated carbocycles. The molecular weight excluding hydrogens is 503 g/mol. The number of aryl methyl sites for hydroxylation is 1. The molecule has 0 fully saturated rings. The number of anilines is 1. The van der Waals surface area contributed by atoms with Gasteiger partial charge in [-0.1, -0.05) is 36.4 Å². The number of nitrogens with zero attached hydrogens (tertiary/aromatic N) is 6. The summed E-state index contributed by atoms with van der Waals surface area (Å²) in [5.74, 6) is 1.75. The maximum absolute atomic E-state index is 4.81. The lowest BCUT2D eigenvalue weighted by Gasteiger charge is -2.30. The largest absolute Gasteiger partial charge is 0.367 e. The van der Waals surface area contributed by atoms with Gasteiger partial charge < -0.3 is 15.5 Å². The lowest BCUT2D eigenvalue weighted by Crippen LogP contribution is -2.43. The van der Waals surface area contributed by atoms with Crippen LogP contribution in [0.1, 0.15) is 18.9 Å². The van der Waals surface area contributed by atoms with Crippen molar-refractivity contribution in [3.63, 3.8) is 0 Å². The first kappa shape index (κ1) is 23.0. The summed E-state index contributed by atoms with van der Waals surface area (Å²) in [6.45, 7) is 6.12. The SMILES string of the molecule is CCNC(=NCCNc1ncnc2c1cnn2C)N1CC=C(c2ccccc2)CC1.I. The fourth-order valence-electron chi connectivity index (χ4n) is 3.64. The van der Waals surface area contributed by atoms with Crippen molar-refractivity contribution in [2.75, 3.05) is 38.0 Å². The van der Waals surface area contributed by atoms with Crippen LogP contribution in [-0.4, -0.2) is 63.3 Å². The molecule has 4 rings (SSSR count). The fourth-order valence-corrected chi connectivity index (χ4v) is 3.64. The third-order valence-electron chi connectivity index (χ3n) is 5.18. The summed E-state index contributed by atoms with van der Waals surface area (Å²) in [5, 5.41) is 12.0. The van der Waals surface area contributed by atoms with Crippen LogP contribution in [-0.2, 0) is 7.05 Å². The molecule has 0 aliphatic carbocycles. The van der Waals surface area contributed by atoms with E-state index in [1.165, 1.54) is 11.1 Å². The summed E-state index contributed by atoms with van der Waals surface area (Å²) in [4.78, 5) is 15.7. The predicted octanol–water partition coefficient (Wildman–Crippen LogP) is 3.15. The Balaban J connectivity index is 0.00000272. The first-order chi connectivity index (χ1) is 14.8. The topological polar surface area (TPSA) is 83.3 Å². The molecule has 9 heteroatoms. The number of hydrogen-bond acceptors (Lipinski definition) is 5. The van der Waals surface area contributed by atoms with Crippen molar-refractivity contribution >= 4 is 52.4 Å². The van der Waals surface area contributed by atoms with Crippen molar-refractivity contribution in [3.8, 4) is 0 Å². The number of aromatic nitrogens is 4. The quantitative estimate of drug-likeness (QED) is 0.220. The highest BCUT2D eigenvalue weighted by atomic mass is 127. The van der Waals surface area contributed by atoms with E-state index in [1.54, 1.807) is 17.2 Å². The maximum Gasteiger partial charge on any atom is 0.194 e. The molecule has 1 aliphatic rings. The third-order valence-corrected chi connectivity index (χ3v) is 5.18. The van der Waals surface area contributed by atoms with Gasteiger partial charge in [-0.2, -0.15) is 5.10 Å². The second kappa shape index (κ2) is 11.1. The lowest BCUT2D eigenvalue weighted by molar-refractivity contribution is 0.440. The van der Waals surface area contributed by atoms with Crippen LogP contribution in [0.25, 0.3) is 16.6 Å². The van der Waals surface area contributed by atoms with Crippen LogP contribution in [0.4, 0.5) is 5.82 Å². The van der Waals surface area contributed by atoms with Gasteiger partial charge in [0.2, 0.25) is 0 Å². The zero-order valence-corrected chi connectivity index (χ0v) is 20.3. The second-order valence-corrected chi connectivity index (χ2v) is 7.18. The van der Waals surface area contributed by atoms with Gasteiger partial charge in [-0.25, -0.2) is 9.97 Å². The molecule has 0 amide bonds. The minimum atomic E-state index is 0. The van der Waals surface area contributed by atoms with E-state index in [1.807, 2.05) is 7.05 Å². The molecule has 3 aromatic rings. The Morgan fingerprint density at radius 3 is 2.77 bits per heavy atom. The van der Waals surface area contributed by atoms with Gasteiger partial charge in [-0.05, 0) is 24.5 Å². The van der Waals surface area contributed by atoms with E-state index in [2.05, 4.69) is 73.9 Å². The number of fused-ring (bicyclic) bond motifs is 1. The van der Waals surface area contributed by atoms with Crippen LogP contribution in [0.15, 0.2) is 53.9 Å². The Labute approximate surface area is 199 Å². The monoisotopic (exact) mass is 532 g/mol. The maximum atomic E-state index is 4.81. The van der Waals surface area contributed by atoms with Crippen LogP contribution < -0.4 is 10.6 Å². The highest BCUT2D eigenvalue weighted by molar-refractivity contribution is 14.0. The molecule has 1 aliphatic heterocycles. The standard InChI is InChI=1S/C22H28N8.HI/c1-3-23-22(30-13-9-18(10-14-30)17-7-5-4-6-8-17)25-12-11-24-20-19-15-28-29(2)21(19)27-16-26-20;/h4-9,15-16H,3,10-14H2,1-2H3,(H,23,25)(H,24,26,27);1H. The van der Waals surface area contributed by atoms with E-state index in [9.17, 15) is 0 Å². The van der Waals surface area contributed by atoms with Crippen molar-refractivity contribution in [2.24, 2.45) is 12.0 Å². The molecule has 164 valence electrons. The molecule has 31 heavy (non-hydrogen) atoms. The number of rotatable bonds is 6. The summed E-state index contributed by atoms with van der Waals surface area (Å²) in [5.41, 5.74) is 3.54. The molecule has 3 heterocycles. The first-order valence-electron chi connectivity index (χ1n) is 10.4. The zero-order chi connectivity index (χ0) is 20.8. The Morgan fingerprint density at radius 2 is 2.03 bits per heavy atom. The molecule has 0 bridgehead atoms. The van der Waals surface area contributed by atoms with Crippen LogP contribution in [0.5, 0.6) is 0 Å². The molecule has 0 atom stereocenters. The van der Waals surface area contributed by atoms with E-state index in [0.717, 1.165) is 48.9 Å². The average Bonchev–Trinajstić information content (AvgIpc) is 3.18. The molecule has 8 nitrogen and oxygen atoms in total. The molecule has 2 N–H and O–H groups in total. The Morgan fingerprint density at radius 1 is 1.19 bits per heavy atom. The number of hydrogen-bond donors (Lipinski definition) is 2. The van der Waals surface area contributed by atoms with Gasteiger partial charge in [-0.15, -0.1) is 24.0 Å². The summed E-state index contributed by atoms with van der Waals surface area (Å²) >= 11 is 0. The van der Waals surface area contributed by atoms with Crippen molar-refractivity contribution in [3.05, 3.63) is 54.5 Å². The van der Waals surface area contributed by atoms with Crippen molar-refractivity contribution in [2.45, 2.75) is 13.3 Å². The molecule has 1 aromatic carbocycles. The normalized spacial score (nSPS) is 14.2. The number of halogens is 1. The van der Waals surface area contributed by atoms with Gasteiger partial charge >= 0.3 is 0 Å². The van der Waals surface area contributed by atoms with Crippen LogP contribution >= 0.6 is 24.0 Å². The summed E-state index contributed by atoms with van der Waals surface area (Å²) < 4.78 is 1.75. The van der Waals surface area contributed by atoms with E-state index >= 15 is 0 Å². The van der Waals surface area contributed by atoms with E-state index in [-0.39, 0.29) is 24.0 Å². The summed E-state index contributed by atoms with van der Waals surface area (Å²) in [7, 11) is 1.88. The zero-order valence-electron chi connectivity index (χ0n) is 18.0. The molecule has 2 aromatic heterocycles. The first-order valence-corrected chi connectivity index (χ1v) is 10.4. The summed E-state index contributed by atoms with van der Waals surface area (Å²) in [6.07, 6.45) is 6.68. The fraction of sp³-hybridized carbons (Fsp3) is 0.364. The number of nitrogens with one attached hydrogen (secondary N) is 2. The smallest absolute Gasteiger partial charge is 0.194 e. The van der Waals surface area contributed by atoms with Gasteiger partial charge in [0.05, 0.1) is 18.1 Å². The summed E-state index contributed by atoms with van der Waals surface area (Å²) in [6, 6.07) is 10.6. The van der Waals surface area contributed by atoms with Gasteiger partial charge in [0.25, 0.3) is 0 Å². The number of aliphatic imine (C=N–C) groups is 1. The van der Waals surface area contributed by atoms with E-state index in [0.29, 0.717) is 13.1 Å². The van der Waals surface area contributed by atoms with Gasteiger partial charge in [-0.3, -0.25) is 9.67 Å². The average molecular weight is 532 g/mol. The Bertz CT molecular complexity index is 1040. The van der Waals surface area contributed by atoms with Crippen LogP contribution in [0.2, 0.25) is 0 Å². The molecule has 0 unspecified atom stereocenters. The van der Waals surface area contributed by atoms with Crippen molar-refractivity contribution < 1.29 is 0 Å². The lowest BCUT2D eigenvalue weighted by atomic mass is 10.00. The minimum absolute atomic E-state index is 0. The molecular formula is C22H29IN8. The molecule has 0 spiro atoms. The van der Waals surface area contributed by atoms with Gasteiger partial charge in [0.15, 0.2) is 11.6 Å². The van der Waals surface area contributed by atoms with E-state index in [4.69, 9.17) is 4.99 Å². The van der Waals surface area contributed by atoms with Crippen LogP contribution in [0, 0.1) is 0 Å². The van der Waals surface area contributed by atoms with Crippen molar-refractivity contribution in [1.82, 2.24) is 30.0 Å². The van der Waals surface area contributed by atoms with Crippen molar-refractivity contribution in [1.29, 1.82) is 0 Å². The highest BCUT2D eigenvalue weighted by Crippen LogP contribution is 2.22. The second-order valence-electron chi connectivity index (χ2n) is 7.18. The number of guanidine groups is 1. The van der Waals surface area contributed by atoms with Gasteiger partial charge in [0.1, 0.15) is 12.1 Å². The molecule has 0 saturated heterocycles. The highest BCUT2D eigenvalue weighted by Gasteiger charge is 2.16. The molecule has 0 radical (unpaired) electrons. The Hall–Kier alpha value is -2.69. The minimum Gasteiger partial charge on any atom is -0.367 e. The Kier molecular flexibility index (Phi) is 8.21. The number of benzene rings is 1. The van der Waals surface area contributed by atoms with Crippen LogP contribution in [0.3, 0.4) is 0 Å². The third kappa shape index (κ3) is 5.52. The predicted molar refractivity (Wildman–Crippen MR) is 137 cm³/mol. The van der Waals surface area contributed by atoms with Gasteiger partial charge in [0, 0.05) is 33.2 Å². The van der Waals surface area contributed by atoms with E-state index < -0.39 is 0 Å².